The van der Waals surface area contributed by atoms with Crippen molar-refractivity contribution in [2.45, 2.75) is 18.9 Å². The Morgan fingerprint density at radius 2 is 2.19 bits per heavy atom. The number of imide groups is 1. The molecule has 0 spiro atoms. The summed E-state index contributed by atoms with van der Waals surface area (Å²) in [6.45, 7) is 3.08. The number of nitrogens with zero attached hydrogens (tertiary/aromatic N) is 2. The molecule has 26 heavy (non-hydrogen) atoms. The zero-order chi connectivity index (χ0) is 18.3. The van der Waals surface area contributed by atoms with E-state index >= 15 is 0 Å². The monoisotopic (exact) mass is 357 g/mol. The first-order chi connectivity index (χ1) is 12.5. The predicted molar refractivity (Wildman–Crippen MR) is 92.9 cm³/mol. The van der Waals surface area contributed by atoms with Gasteiger partial charge in [0.25, 0.3) is 5.91 Å². The van der Waals surface area contributed by atoms with E-state index in [-0.39, 0.29) is 18.2 Å². The molecule has 0 radical (unpaired) electrons. The molecule has 3 aliphatic rings. The smallest absolute Gasteiger partial charge is 0.254 e. The number of piperidine rings is 1. The molecule has 1 fully saturated rings. The number of amides is 3. The lowest BCUT2D eigenvalue weighted by Gasteiger charge is -2.30. The summed E-state index contributed by atoms with van der Waals surface area (Å²) in [6.07, 6.45) is 0.580. The molecule has 1 aromatic carbocycles. The van der Waals surface area contributed by atoms with E-state index in [0.29, 0.717) is 24.3 Å². The maximum atomic E-state index is 12.8. The highest BCUT2D eigenvalue weighted by Crippen LogP contribution is 2.32. The standard InChI is InChI=1S/C18H20N4O4/c1-21(14-4-5-16(23)20-17(14)24)18(25)11-2-3-13-15(8-11)26-10-12-9-19-6-7-22(12)13/h2-3,8,14,19H,4-7,9-10H2,1H3/p+1. The number of carbonyl (C=O) groups excluding carboxylic acids is 3. The Kier molecular flexibility index (Phi) is 4.20. The SMILES string of the molecule is CN(C(=O)c1ccc2c(c1)OCC1=[N+]2CCNC1)C1CCC(=O)NC1=O. The Bertz CT molecular complexity index is 832. The summed E-state index contributed by atoms with van der Waals surface area (Å²) in [7, 11) is 1.59. The number of likely N-dealkylation sites (N-methyl/N-ethyl adjacent to an activating group) is 1. The van der Waals surface area contributed by atoms with Crippen LogP contribution in [-0.2, 0) is 9.59 Å². The molecule has 8 heteroatoms. The van der Waals surface area contributed by atoms with Gasteiger partial charge >= 0.3 is 0 Å². The van der Waals surface area contributed by atoms with E-state index in [1.165, 1.54) is 10.6 Å². The molecular weight excluding hydrogens is 336 g/mol. The summed E-state index contributed by atoms with van der Waals surface area (Å²) in [5, 5.41) is 5.61. The van der Waals surface area contributed by atoms with Crippen molar-refractivity contribution in [3.8, 4) is 5.75 Å². The highest BCUT2D eigenvalue weighted by atomic mass is 16.5. The van der Waals surface area contributed by atoms with Crippen LogP contribution < -0.4 is 15.4 Å². The Balaban J connectivity index is 1.57. The van der Waals surface area contributed by atoms with Gasteiger partial charge in [-0.2, -0.15) is 4.58 Å². The number of fused-ring (bicyclic) bond motifs is 2. The molecule has 4 rings (SSSR count). The lowest BCUT2D eigenvalue weighted by Crippen LogP contribution is -2.52. The fourth-order valence-electron chi connectivity index (χ4n) is 3.64. The van der Waals surface area contributed by atoms with Gasteiger partial charge in [-0.1, -0.05) is 0 Å². The molecule has 1 unspecified atom stereocenters. The van der Waals surface area contributed by atoms with Crippen LogP contribution in [-0.4, -0.2) is 72.2 Å². The van der Waals surface area contributed by atoms with E-state index < -0.39 is 11.9 Å². The molecule has 2 N–H and O–H groups in total. The molecule has 1 aromatic rings. The van der Waals surface area contributed by atoms with Gasteiger partial charge in [0.1, 0.15) is 6.04 Å². The van der Waals surface area contributed by atoms with Crippen LogP contribution in [0.3, 0.4) is 0 Å². The van der Waals surface area contributed by atoms with E-state index in [9.17, 15) is 14.4 Å². The molecule has 1 atom stereocenters. The molecule has 0 aromatic heterocycles. The Hall–Kier alpha value is -2.74. The lowest BCUT2D eigenvalue weighted by molar-refractivity contribution is -0.449. The number of nitrogens with one attached hydrogen (secondary N) is 2. The molecule has 1 saturated heterocycles. The maximum Gasteiger partial charge on any atom is 0.254 e. The fourth-order valence-corrected chi connectivity index (χ4v) is 3.64. The Morgan fingerprint density at radius 1 is 1.35 bits per heavy atom. The van der Waals surface area contributed by atoms with Gasteiger partial charge in [0.2, 0.25) is 23.2 Å². The quantitative estimate of drug-likeness (QED) is 0.557. The van der Waals surface area contributed by atoms with E-state index in [4.69, 9.17) is 4.74 Å². The van der Waals surface area contributed by atoms with Gasteiger partial charge in [-0.15, -0.1) is 0 Å². The van der Waals surface area contributed by atoms with Crippen molar-refractivity contribution in [3.63, 3.8) is 0 Å². The van der Waals surface area contributed by atoms with Crippen LogP contribution in [0.2, 0.25) is 0 Å². The number of benzene rings is 1. The van der Waals surface area contributed by atoms with Gasteiger partial charge < -0.3 is 15.0 Å². The van der Waals surface area contributed by atoms with Gasteiger partial charge in [-0.05, 0) is 18.6 Å². The molecule has 3 amide bonds. The molecule has 136 valence electrons. The second-order valence-corrected chi connectivity index (χ2v) is 6.75. The van der Waals surface area contributed by atoms with Crippen LogP contribution in [0.5, 0.6) is 5.75 Å². The first kappa shape index (κ1) is 16.7. The lowest BCUT2D eigenvalue weighted by atomic mass is 10.0. The van der Waals surface area contributed by atoms with Crippen molar-refractivity contribution in [1.82, 2.24) is 15.5 Å². The molecular formula is C18H21N4O4+. The van der Waals surface area contributed by atoms with E-state index in [2.05, 4.69) is 15.2 Å². The number of hydrogen-bond acceptors (Lipinski definition) is 5. The molecule has 0 bridgehead atoms. The third kappa shape index (κ3) is 2.86. The van der Waals surface area contributed by atoms with Crippen LogP contribution in [0.1, 0.15) is 23.2 Å². The molecule has 3 heterocycles. The predicted octanol–water partition coefficient (Wildman–Crippen LogP) is -0.356. The van der Waals surface area contributed by atoms with E-state index in [1.54, 1.807) is 19.2 Å². The zero-order valence-corrected chi connectivity index (χ0v) is 14.6. The largest absolute Gasteiger partial charge is 0.476 e. The van der Waals surface area contributed by atoms with Gasteiger partial charge in [-0.25, -0.2) is 0 Å². The third-order valence-electron chi connectivity index (χ3n) is 5.11. The average Bonchev–Trinajstić information content (AvgIpc) is 2.66. The number of carbonyl (C=O) groups is 3. The van der Waals surface area contributed by atoms with Gasteiger partial charge in [-0.3, -0.25) is 19.7 Å². The molecule has 0 saturated carbocycles. The van der Waals surface area contributed by atoms with Crippen LogP contribution >= 0.6 is 0 Å². The topological polar surface area (TPSA) is 90.8 Å². The van der Waals surface area contributed by atoms with Crippen LogP contribution in [0.15, 0.2) is 18.2 Å². The van der Waals surface area contributed by atoms with Gasteiger partial charge in [0.05, 0.1) is 13.1 Å². The second kappa shape index (κ2) is 6.53. The minimum Gasteiger partial charge on any atom is -0.476 e. The van der Waals surface area contributed by atoms with E-state index in [0.717, 1.165) is 25.3 Å². The van der Waals surface area contributed by atoms with Crippen LogP contribution in [0.4, 0.5) is 5.69 Å². The first-order valence-corrected chi connectivity index (χ1v) is 8.75. The van der Waals surface area contributed by atoms with Crippen LogP contribution in [0, 0.1) is 0 Å². The van der Waals surface area contributed by atoms with Crippen molar-refractivity contribution in [2.75, 3.05) is 33.3 Å². The van der Waals surface area contributed by atoms with Gasteiger partial charge in [0.15, 0.2) is 18.9 Å². The van der Waals surface area contributed by atoms with Gasteiger partial charge in [0, 0.05) is 25.1 Å². The average molecular weight is 357 g/mol. The van der Waals surface area contributed by atoms with Crippen LogP contribution in [0.25, 0.3) is 0 Å². The minimum atomic E-state index is -0.634. The summed E-state index contributed by atoms with van der Waals surface area (Å²) in [5.74, 6) is -0.303. The second-order valence-electron chi connectivity index (χ2n) is 6.75. The molecule has 3 aliphatic heterocycles. The van der Waals surface area contributed by atoms with Crippen molar-refractivity contribution in [2.24, 2.45) is 0 Å². The summed E-state index contributed by atoms with van der Waals surface area (Å²) < 4.78 is 8.06. The Labute approximate surface area is 150 Å². The maximum absolute atomic E-state index is 12.8. The van der Waals surface area contributed by atoms with Crippen molar-refractivity contribution < 1.29 is 23.7 Å². The number of hydrogen-bond donors (Lipinski definition) is 2. The first-order valence-electron chi connectivity index (χ1n) is 8.75. The summed E-state index contributed by atoms with van der Waals surface area (Å²) in [6, 6.07) is 4.76. The highest BCUT2D eigenvalue weighted by molar-refractivity contribution is 6.04. The third-order valence-corrected chi connectivity index (χ3v) is 5.11. The summed E-state index contributed by atoms with van der Waals surface area (Å²) >= 11 is 0. The Morgan fingerprint density at radius 3 is 3.00 bits per heavy atom. The van der Waals surface area contributed by atoms with Crippen molar-refractivity contribution >= 4 is 29.1 Å². The highest BCUT2D eigenvalue weighted by Gasteiger charge is 2.34. The number of rotatable bonds is 2. The fraction of sp³-hybridized carbons (Fsp3) is 0.444. The number of ether oxygens (including phenoxy) is 1. The molecule has 0 aliphatic carbocycles. The zero-order valence-electron chi connectivity index (χ0n) is 14.6. The normalized spacial score (nSPS) is 22.1. The minimum absolute atomic E-state index is 0.239. The summed E-state index contributed by atoms with van der Waals surface area (Å²) in [4.78, 5) is 37.5. The molecule has 8 nitrogen and oxygen atoms in total. The van der Waals surface area contributed by atoms with E-state index in [1.807, 2.05) is 6.07 Å². The summed E-state index contributed by atoms with van der Waals surface area (Å²) in [5.41, 5.74) is 2.62. The van der Waals surface area contributed by atoms with Crippen molar-refractivity contribution in [1.29, 1.82) is 0 Å². The van der Waals surface area contributed by atoms with Crippen molar-refractivity contribution in [3.05, 3.63) is 23.8 Å².